The number of carbonyl (C=O) groups excluding carboxylic acids is 2. The lowest BCUT2D eigenvalue weighted by atomic mass is 10.2. The Morgan fingerprint density at radius 3 is 1.04 bits per heavy atom. The maximum atomic E-state index is 13.6. The third-order valence-electron chi connectivity index (χ3n) is 6.70. The highest BCUT2D eigenvalue weighted by Crippen LogP contribution is 2.29. The summed E-state index contributed by atoms with van der Waals surface area (Å²) in [5, 5.41) is 0. The zero-order chi connectivity index (χ0) is 39.8. The second kappa shape index (κ2) is 31.8. The SMILES string of the molecule is O=Cc1ccc(OCCOCCOCCOCCOCCOCCOCCOCCOCCOCCOCCC(=O)Oc2c(F)c(F)c(F)c(F)c2F)cc1. The lowest BCUT2D eigenvalue weighted by Crippen LogP contribution is -2.16. The Balaban J connectivity index is 1.20. The number of esters is 1. The van der Waals surface area contributed by atoms with Crippen LogP contribution < -0.4 is 9.47 Å². The van der Waals surface area contributed by atoms with Crippen molar-refractivity contribution in [1.82, 2.24) is 0 Å². The minimum Gasteiger partial charge on any atom is -0.491 e. The van der Waals surface area contributed by atoms with Crippen molar-refractivity contribution in [2.24, 2.45) is 0 Å². The number of ether oxygens (including phenoxy) is 12. The smallest absolute Gasteiger partial charge is 0.313 e. The van der Waals surface area contributed by atoms with Gasteiger partial charge in [-0.1, -0.05) is 0 Å². The summed E-state index contributed by atoms with van der Waals surface area (Å²) in [5.74, 6) is -13.5. The molecule has 312 valence electrons. The van der Waals surface area contributed by atoms with Gasteiger partial charge in [-0.25, -0.2) is 13.2 Å². The molecule has 0 fully saturated rings. The van der Waals surface area contributed by atoms with Gasteiger partial charge >= 0.3 is 5.97 Å². The van der Waals surface area contributed by atoms with Crippen LogP contribution in [-0.2, 0) is 52.2 Å². The number of benzene rings is 2. The predicted octanol–water partition coefficient (Wildman–Crippen LogP) is 3.74. The van der Waals surface area contributed by atoms with Crippen LogP contribution in [0.15, 0.2) is 24.3 Å². The van der Waals surface area contributed by atoms with Crippen molar-refractivity contribution < 1.29 is 88.4 Å². The van der Waals surface area contributed by atoms with Gasteiger partial charge < -0.3 is 56.8 Å². The molecule has 0 aliphatic rings. The molecular weight excluding hydrogens is 751 g/mol. The van der Waals surface area contributed by atoms with E-state index >= 15 is 0 Å². The molecule has 0 heterocycles. The number of halogens is 5. The van der Waals surface area contributed by atoms with Gasteiger partial charge in [-0.3, -0.25) is 9.59 Å². The first-order chi connectivity index (χ1) is 26.8. The van der Waals surface area contributed by atoms with Gasteiger partial charge in [-0.15, -0.1) is 0 Å². The maximum Gasteiger partial charge on any atom is 0.313 e. The highest BCUT2D eigenvalue weighted by Gasteiger charge is 2.28. The number of aldehydes is 1. The zero-order valence-corrected chi connectivity index (χ0v) is 30.5. The standard InChI is InChI=1S/C36H49F5O14/c37-31-32(38)34(40)36(35(41)33(31)39)55-30(43)5-6-44-7-8-45-9-10-46-11-12-47-13-14-48-15-16-49-17-18-50-19-20-51-21-22-52-23-24-53-25-26-54-29-3-1-28(27-42)2-4-29/h1-4,27H,5-26H2. The fourth-order valence-electron chi connectivity index (χ4n) is 3.94. The molecule has 0 atom stereocenters. The topological polar surface area (TPSA) is 145 Å². The summed E-state index contributed by atoms with van der Waals surface area (Å²) in [5.41, 5.74) is 0.598. The lowest BCUT2D eigenvalue weighted by molar-refractivity contribution is -0.136. The molecule has 0 spiro atoms. The van der Waals surface area contributed by atoms with E-state index < -0.39 is 47.2 Å². The molecular formula is C36H49F5O14. The first kappa shape index (κ1) is 47.8. The minimum atomic E-state index is -2.35. The van der Waals surface area contributed by atoms with Crippen LogP contribution >= 0.6 is 0 Å². The number of carbonyl (C=O) groups is 2. The van der Waals surface area contributed by atoms with E-state index in [-0.39, 0.29) is 26.4 Å². The van der Waals surface area contributed by atoms with Crippen molar-refractivity contribution >= 4 is 12.3 Å². The Morgan fingerprint density at radius 1 is 0.418 bits per heavy atom. The Hall–Kier alpha value is -3.37. The molecule has 0 aliphatic carbocycles. The van der Waals surface area contributed by atoms with Gasteiger partial charge in [0, 0.05) is 5.56 Å². The van der Waals surface area contributed by atoms with E-state index in [9.17, 15) is 31.5 Å². The van der Waals surface area contributed by atoms with Crippen LogP contribution in [0, 0.1) is 29.1 Å². The molecule has 0 saturated heterocycles. The summed E-state index contributed by atoms with van der Waals surface area (Å²) < 4.78 is 130. The van der Waals surface area contributed by atoms with Gasteiger partial charge in [0.05, 0.1) is 139 Å². The van der Waals surface area contributed by atoms with Crippen LogP contribution in [0.1, 0.15) is 16.8 Å². The molecule has 55 heavy (non-hydrogen) atoms. The fourth-order valence-corrected chi connectivity index (χ4v) is 3.94. The van der Waals surface area contributed by atoms with Crippen LogP contribution in [0.25, 0.3) is 0 Å². The van der Waals surface area contributed by atoms with E-state index in [0.29, 0.717) is 124 Å². The molecule has 0 saturated carbocycles. The van der Waals surface area contributed by atoms with Crippen molar-refractivity contribution in [2.75, 3.05) is 139 Å². The van der Waals surface area contributed by atoms with E-state index in [2.05, 4.69) is 4.74 Å². The zero-order valence-electron chi connectivity index (χ0n) is 30.5. The Labute approximate surface area is 316 Å². The van der Waals surface area contributed by atoms with E-state index in [0.717, 1.165) is 6.29 Å². The van der Waals surface area contributed by atoms with Crippen molar-refractivity contribution in [3.8, 4) is 11.5 Å². The van der Waals surface area contributed by atoms with Crippen molar-refractivity contribution in [1.29, 1.82) is 0 Å². The molecule has 0 amide bonds. The maximum absolute atomic E-state index is 13.6. The van der Waals surface area contributed by atoms with Crippen molar-refractivity contribution in [3.05, 3.63) is 58.9 Å². The average Bonchev–Trinajstić information content (AvgIpc) is 3.20. The highest BCUT2D eigenvalue weighted by atomic mass is 19.2. The fraction of sp³-hybridized carbons (Fsp3) is 0.611. The van der Waals surface area contributed by atoms with Gasteiger partial charge in [0.15, 0.2) is 0 Å². The molecule has 19 heteroatoms. The molecule has 2 aromatic carbocycles. The summed E-state index contributed by atoms with van der Waals surface area (Å²) in [6.07, 6.45) is 0.289. The first-order valence-electron chi connectivity index (χ1n) is 17.5. The summed E-state index contributed by atoms with van der Waals surface area (Å²) in [7, 11) is 0. The van der Waals surface area contributed by atoms with Crippen LogP contribution in [0.4, 0.5) is 22.0 Å². The van der Waals surface area contributed by atoms with E-state index in [1.165, 1.54) is 0 Å². The molecule has 0 N–H and O–H groups in total. The Kier molecular flexibility index (Phi) is 27.6. The van der Waals surface area contributed by atoms with Crippen molar-refractivity contribution in [3.63, 3.8) is 0 Å². The van der Waals surface area contributed by atoms with Gasteiger partial charge in [0.25, 0.3) is 0 Å². The summed E-state index contributed by atoms with van der Waals surface area (Å²) in [6.45, 7) is 7.35. The third kappa shape index (κ3) is 22.7. The largest absolute Gasteiger partial charge is 0.491 e. The van der Waals surface area contributed by atoms with Crippen LogP contribution in [0.3, 0.4) is 0 Å². The van der Waals surface area contributed by atoms with Gasteiger partial charge in [0.1, 0.15) is 18.6 Å². The van der Waals surface area contributed by atoms with Crippen molar-refractivity contribution in [2.45, 2.75) is 6.42 Å². The monoisotopic (exact) mass is 800 g/mol. The quantitative estimate of drug-likeness (QED) is 0.0188. The third-order valence-corrected chi connectivity index (χ3v) is 6.70. The molecule has 2 aromatic rings. The highest BCUT2D eigenvalue weighted by molar-refractivity contribution is 5.74. The second-order valence-corrected chi connectivity index (χ2v) is 10.8. The number of hydrogen-bond donors (Lipinski definition) is 0. The predicted molar refractivity (Wildman–Crippen MR) is 182 cm³/mol. The molecule has 0 aliphatic heterocycles. The molecule has 14 nitrogen and oxygen atoms in total. The molecule has 0 bridgehead atoms. The summed E-state index contributed by atoms with van der Waals surface area (Å²) in [6, 6.07) is 6.85. The Bertz CT molecular complexity index is 1280. The first-order valence-corrected chi connectivity index (χ1v) is 17.5. The summed E-state index contributed by atoms with van der Waals surface area (Å²) >= 11 is 0. The molecule has 0 radical (unpaired) electrons. The van der Waals surface area contributed by atoms with Gasteiger partial charge in [0.2, 0.25) is 34.8 Å². The van der Waals surface area contributed by atoms with Gasteiger partial charge in [-0.2, -0.15) is 8.78 Å². The average molecular weight is 801 g/mol. The van der Waals surface area contributed by atoms with E-state index in [1.807, 2.05) is 0 Å². The Morgan fingerprint density at radius 2 is 0.709 bits per heavy atom. The summed E-state index contributed by atoms with van der Waals surface area (Å²) in [4.78, 5) is 22.3. The molecule has 0 aromatic heterocycles. The van der Waals surface area contributed by atoms with Crippen LogP contribution in [-0.4, -0.2) is 151 Å². The number of hydrogen-bond acceptors (Lipinski definition) is 14. The molecule has 2 rings (SSSR count). The van der Waals surface area contributed by atoms with E-state index in [4.69, 9.17) is 52.1 Å². The molecule has 0 unspecified atom stereocenters. The minimum absolute atomic E-state index is 0.0751. The second-order valence-electron chi connectivity index (χ2n) is 10.8. The lowest BCUT2D eigenvalue weighted by Gasteiger charge is -2.09. The van der Waals surface area contributed by atoms with E-state index in [1.54, 1.807) is 24.3 Å². The normalized spacial score (nSPS) is 11.3. The van der Waals surface area contributed by atoms with Crippen LogP contribution in [0.5, 0.6) is 11.5 Å². The number of rotatable bonds is 36. The van der Waals surface area contributed by atoms with Gasteiger partial charge in [-0.05, 0) is 24.3 Å². The van der Waals surface area contributed by atoms with Crippen LogP contribution in [0.2, 0.25) is 0 Å².